The van der Waals surface area contributed by atoms with E-state index in [1.54, 1.807) is 14.2 Å². The van der Waals surface area contributed by atoms with Gasteiger partial charge in [-0.25, -0.2) is 0 Å². The second-order valence-corrected chi connectivity index (χ2v) is 4.02. The van der Waals surface area contributed by atoms with Crippen molar-refractivity contribution in [3.05, 3.63) is 29.8 Å². The van der Waals surface area contributed by atoms with Crippen molar-refractivity contribution in [3.8, 4) is 5.75 Å². The second kappa shape index (κ2) is 7.27. The largest absolute Gasteiger partial charge is 0.497 e. The Balaban J connectivity index is 2.48. The molecule has 96 valence electrons. The molecule has 2 atom stereocenters. The molecule has 0 radical (unpaired) electrons. The summed E-state index contributed by atoms with van der Waals surface area (Å²) in [6.45, 7) is 2.90. The monoisotopic (exact) mass is 239 g/mol. The molecule has 0 fully saturated rings. The number of ether oxygens (including phenoxy) is 2. The lowest BCUT2D eigenvalue weighted by molar-refractivity contribution is 0.0630. The minimum Gasteiger partial charge on any atom is -0.497 e. The van der Waals surface area contributed by atoms with Crippen LogP contribution in [0.25, 0.3) is 0 Å². The van der Waals surface area contributed by atoms with Gasteiger partial charge in [0.2, 0.25) is 0 Å². The van der Waals surface area contributed by atoms with Crippen molar-refractivity contribution in [2.45, 2.75) is 19.1 Å². The number of aliphatic hydroxyl groups is 1. The normalized spacial score (nSPS) is 14.4. The Morgan fingerprint density at radius 1 is 1.35 bits per heavy atom. The molecule has 0 amide bonds. The van der Waals surface area contributed by atoms with Gasteiger partial charge < -0.3 is 19.9 Å². The first-order valence-corrected chi connectivity index (χ1v) is 5.71. The van der Waals surface area contributed by atoms with Gasteiger partial charge in [0.05, 0.1) is 19.8 Å². The van der Waals surface area contributed by atoms with Crippen LogP contribution in [0.5, 0.6) is 5.75 Å². The zero-order chi connectivity index (χ0) is 12.7. The van der Waals surface area contributed by atoms with Crippen molar-refractivity contribution >= 4 is 0 Å². The van der Waals surface area contributed by atoms with Crippen molar-refractivity contribution in [2.24, 2.45) is 0 Å². The summed E-state index contributed by atoms with van der Waals surface area (Å²) in [4.78, 5) is 0. The third kappa shape index (κ3) is 4.73. The molecular formula is C13H21NO3. The first-order chi connectivity index (χ1) is 8.17. The molecule has 17 heavy (non-hydrogen) atoms. The molecule has 0 saturated carbocycles. The van der Waals surface area contributed by atoms with Crippen molar-refractivity contribution in [3.63, 3.8) is 0 Å². The molecule has 1 aromatic carbocycles. The summed E-state index contributed by atoms with van der Waals surface area (Å²) in [5, 5.41) is 12.8. The highest BCUT2D eigenvalue weighted by molar-refractivity contribution is 5.30. The van der Waals surface area contributed by atoms with E-state index in [-0.39, 0.29) is 6.04 Å². The fourth-order valence-electron chi connectivity index (χ4n) is 1.59. The zero-order valence-electron chi connectivity index (χ0n) is 10.6. The van der Waals surface area contributed by atoms with Gasteiger partial charge in [-0.2, -0.15) is 0 Å². The summed E-state index contributed by atoms with van der Waals surface area (Å²) in [6.07, 6.45) is -0.479. The highest BCUT2D eigenvalue weighted by Crippen LogP contribution is 2.18. The average molecular weight is 239 g/mol. The molecule has 4 nitrogen and oxygen atoms in total. The Bertz CT molecular complexity index is 330. The third-order valence-corrected chi connectivity index (χ3v) is 2.61. The van der Waals surface area contributed by atoms with E-state index in [0.717, 1.165) is 11.3 Å². The molecule has 0 aromatic heterocycles. The van der Waals surface area contributed by atoms with Gasteiger partial charge in [-0.15, -0.1) is 0 Å². The third-order valence-electron chi connectivity index (χ3n) is 2.61. The average Bonchev–Trinajstić information content (AvgIpc) is 2.36. The van der Waals surface area contributed by atoms with E-state index in [9.17, 15) is 5.11 Å². The predicted molar refractivity (Wildman–Crippen MR) is 67.3 cm³/mol. The van der Waals surface area contributed by atoms with Crippen molar-refractivity contribution in [2.75, 3.05) is 27.4 Å². The van der Waals surface area contributed by atoms with Crippen LogP contribution in [-0.4, -0.2) is 38.6 Å². The Hall–Kier alpha value is -1.10. The van der Waals surface area contributed by atoms with Gasteiger partial charge in [-0.3, -0.25) is 0 Å². The van der Waals surface area contributed by atoms with Crippen LogP contribution in [0.3, 0.4) is 0 Å². The van der Waals surface area contributed by atoms with Crippen LogP contribution in [0.15, 0.2) is 24.3 Å². The number of hydrogen-bond donors (Lipinski definition) is 2. The lowest BCUT2D eigenvalue weighted by Crippen LogP contribution is -2.31. The Morgan fingerprint density at radius 2 is 2.12 bits per heavy atom. The Kier molecular flexibility index (Phi) is 5.97. The lowest BCUT2D eigenvalue weighted by Gasteiger charge is -2.17. The topological polar surface area (TPSA) is 50.7 Å². The minimum absolute atomic E-state index is 0.164. The summed E-state index contributed by atoms with van der Waals surface area (Å²) >= 11 is 0. The molecule has 0 spiro atoms. The van der Waals surface area contributed by atoms with E-state index in [4.69, 9.17) is 9.47 Å². The molecule has 0 aliphatic carbocycles. The summed E-state index contributed by atoms with van der Waals surface area (Å²) in [7, 11) is 3.23. The zero-order valence-corrected chi connectivity index (χ0v) is 10.6. The van der Waals surface area contributed by atoms with E-state index in [2.05, 4.69) is 5.32 Å². The molecule has 4 heteroatoms. The summed E-state index contributed by atoms with van der Waals surface area (Å²) in [5.41, 5.74) is 1.13. The Morgan fingerprint density at radius 3 is 2.76 bits per heavy atom. The van der Waals surface area contributed by atoms with Crippen LogP contribution < -0.4 is 10.1 Å². The number of hydrogen-bond acceptors (Lipinski definition) is 4. The fraction of sp³-hybridized carbons (Fsp3) is 0.538. The molecule has 0 heterocycles. The molecule has 1 unspecified atom stereocenters. The highest BCUT2D eigenvalue weighted by Gasteiger charge is 2.09. The molecule has 1 aromatic rings. The molecule has 0 bridgehead atoms. The van der Waals surface area contributed by atoms with Crippen LogP contribution in [0, 0.1) is 0 Å². The number of aliphatic hydroxyl groups excluding tert-OH is 1. The molecule has 2 N–H and O–H groups in total. The van der Waals surface area contributed by atoms with Gasteiger partial charge in [0.25, 0.3) is 0 Å². The fourth-order valence-corrected chi connectivity index (χ4v) is 1.59. The summed E-state index contributed by atoms with van der Waals surface area (Å²) < 4.78 is 10.0. The second-order valence-electron chi connectivity index (χ2n) is 4.02. The number of nitrogens with one attached hydrogen (secondary N) is 1. The van der Waals surface area contributed by atoms with Gasteiger partial charge >= 0.3 is 0 Å². The molecule has 1 rings (SSSR count). The molecule has 0 saturated heterocycles. The van der Waals surface area contributed by atoms with E-state index in [1.165, 1.54) is 0 Å². The maximum Gasteiger partial charge on any atom is 0.119 e. The van der Waals surface area contributed by atoms with Crippen LogP contribution >= 0.6 is 0 Å². The number of methoxy groups -OCH3 is 2. The van der Waals surface area contributed by atoms with Crippen LogP contribution in [-0.2, 0) is 4.74 Å². The molecular weight excluding hydrogens is 218 g/mol. The lowest BCUT2D eigenvalue weighted by atomic mass is 10.1. The molecule has 0 aliphatic rings. The van der Waals surface area contributed by atoms with Crippen molar-refractivity contribution in [1.82, 2.24) is 5.32 Å². The predicted octanol–water partition coefficient (Wildman–Crippen LogP) is 1.35. The first kappa shape index (κ1) is 14.0. The smallest absolute Gasteiger partial charge is 0.119 e. The van der Waals surface area contributed by atoms with Crippen molar-refractivity contribution < 1.29 is 14.6 Å². The number of rotatable bonds is 7. The van der Waals surface area contributed by atoms with E-state index < -0.39 is 6.10 Å². The molecule has 0 aliphatic heterocycles. The standard InChI is InChI=1S/C13H21NO3/c1-10(14-8-12(15)9-16-2)11-5-4-6-13(7-11)17-3/h4-7,10,12,14-15H,8-9H2,1-3H3/t10-,12?/m0/s1. The van der Waals surface area contributed by atoms with Crippen LogP contribution in [0.4, 0.5) is 0 Å². The number of benzene rings is 1. The van der Waals surface area contributed by atoms with Crippen molar-refractivity contribution in [1.29, 1.82) is 0 Å². The van der Waals surface area contributed by atoms with Gasteiger partial charge in [0.15, 0.2) is 0 Å². The van der Waals surface area contributed by atoms with Crippen LogP contribution in [0.1, 0.15) is 18.5 Å². The maximum absolute atomic E-state index is 9.53. The SMILES string of the molecule is COCC(O)CN[C@@H](C)c1cccc(OC)c1. The van der Waals surface area contributed by atoms with E-state index >= 15 is 0 Å². The summed E-state index contributed by atoms with van der Waals surface area (Å²) in [5.74, 6) is 0.841. The van der Waals surface area contributed by atoms with Crippen LogP contribution in [0.2, 0.25) is 0 Å². The highest BCUT2D eigenvalue weighted by atomic mass is 16.5. The van der Waals surface area contributed by atoms with Gasteiger partial charge in [-0.1, -0.05) is 12.1 Å². The van der Waals surface area contributed by atoms with E-state index in [0.29, 0.717) is 13.2 Å². The quantitative estimate of drug-likeness (QED) is 0.754. The summed E-state index contributed by atoms with van der Waals surface area (Å²) in [6, 6.07) is 8.05. The van der Waals surface area contributed by atoms with Gasteiger partial charge in [-0.05, 0) is 24.6 Å². The van der Waals surface area contributed by atoms with E-state index in [1.807, 2.05) is 31.2 Å². The maximum atomic E-state index is 9.53. The van der Waals surface area contributed by atoms with Gasteiger partial charge in [0.1, 0.15) is 5.75 Å². The van der Waals surface area contributed by atoms with Gasteiger partial charge in [0, 0.05) is 19.7 Å². The minimum atomic E-state index is -0.479. The Labute approximate surface area is 103 Å². The first-order valence-electron chi connectivity index (χ1n) is 5.71.